The Morgan fingerprint density at radius 3 is 2.67 bits per heavy atom. The molecular formula is C14H27NO2S. The second-order valence-corrected chi connectivity index (χ2v) is 7.74. The van der Waals surface area contributed by atoms with E-state index in [1.165, 1.54) is 24.3 Å². The Kier molecular flexibility index (Phi) is 4.63. The molecule has 1 atom stereocenters. The molecule has 4 heteroatoms. The molecule has 2 fully saturated rings. The standard InChI is InChI=1S/C14H27NO2S/c1-13(2,16)11-15(3)12-4-7-17-14(10-12)5-8-18-9-6-14/h12,16H,4-11H2,1-3H3. The molecule has 1 unspecified atom stereocenters. The molecule has 0 radical (unpaired) electrons. The molecule has 0 saturated carbocycles. The van der Waals surface area contributed by atoms with Gasteiger partial charge < -0.3 is 14.7 Å². The van der Waals surface area contributed by atoms with E-state index in [1.54, 1.807) is 0 Å². The molecule has 0 aromatic heterocycles. The fourth-order valence-electron chi connectivity index (χ4n) is 3.21. The molecule has 18 heavy (non-hydrogen) atoms. The summed E-state index contributed by atoms with van der Waals surface area (Å²) in [5.74, 6) is 2.48. The summed E-state index contributed by atoms with van der Waals surface area (Å²) in [6.45, 7) is 5.39. The SMILES string of the molecule is CN(CC(C)(C)O)C1CCOC2(CCSCC2)C1. The Labute approximate surface area is 115 Å². The molecule has 0 aromatic rings. The van der Waals surface area contributed by atoms with Crippen molar-refractivity contribution in [3.05, 3.63) is 0 Å². The maximum absolute atomic E-state index is 9.94. The van der Waals surface area contributed by atoms with E-state index in [0.29, 0.717) is 6.04 Å². The van der Waals surface area contributed by atoms with Gasteiger partial charge in [0.1, 0.15) is 0 Å². The van der Waals surface area contributed by atoms with Gasteiger partial charge in [-0.3, -0.25) is 0 Å². The lowest BCUT2D eigenvalue weighted by Crippen LogP contribution is -2.51. The summed E-state index contributed by atoms with van der Waals surface area (Å²) in [5.41, 5.74) is -0.468. The highest BCUT2D eigenvalue weighted by molar-refractivity contribution is 7.99. The molecule has 106 valence electrons. The van der Waals surface area contributed by atoms with E-state index >= 15 is 0 Å². The van der Waals surface area contributed by atoms with Crippen LogP contribution in [0.2, 0.25) is 0 Å². The van der Waals surface area contributed by atoms with E-state index in [-0.39, 0.29) is 5.60 Å². The minimum Gasteiger partial charge on any atom is -0.389 e. The lowest BCUT2D eigenvalue weighted by Gasteiger charge is -2.46. The van der Waals surface area contributed by atoms with Crippen molar-refractivity contribution in [2.75, 3.05) is 31.7 Å². The Morgan fingerprint density at radius 2 is 2.06 bits per heavy atom. The van der Waals surface area contributed by atoms with Crippen molar-refractivity contribution >= 4 is 11.8 Å². The predicted octanol–water partition coefficient (Wildman–Crippen LogP) is 2.13. The number of thioether (sulfide) groups is 1. The molecule has 1 N–H and O–H groups in total. The Hall–Kier alpha value is 0.230. The maximum atomic E-state index is 9.94. The molecule has 2 aliphatic rings. The minimum absolute atomic E-state index is 0.141. The van der Waals surface area contributed by atoms with Crippen LogP contribution in [-0.4, -0.2) is 59.0 Å². The minimum atomic E-state index is -0.608. The second kappa shape index (κ2) is 5.70. The molecule has 0 amide bonds. The van der Waals surface area contributed by atoms with Gasteiger partial charge in [0.15, 0.2) is 0 Å². The topological polar surface area (TPSA) is 32.7 Å². The van der Waals surface area contributed by atoms with Crippen molar-refractivity contribution in [2.24, 2.45) is 0 Å². The summed E-state index contributed by atoms with van der Waals surface area (Å²) in [5, 5.41) is 9.94. The first-order valence-electron chi connectivity index (χ1n) is 7.05. The number of rotatable bonds is 3. The average molecular weight is 273 g/mol. The number of aliphatic hydroxyl groups is 1. The van der Waals surface area contributed by atoms with Crippen LogP contribution in [0.1, 0.15) is 39.5 Å². The molecule has 2 saturated heterocycles. The van der Waals surface area contributed by atoms with Crippen molar-refractivity contribution in [3.8, 4) is 0 Å². The monoisotopic (exact) mass is 273 g/mol. The van der Waals surface area contributed by atoms with Crippen LogP contribution < -0.4 is 0 Å². The van der Waals surface area contributed by atoms with E-state index in [0.717, 1.165) is 26.0 Å². The van der Waals surface area contributed by atoms with Crippen LogP contribution >= 0.6 is 11.8 Å². The van der Waals surface area contributed by atoms with Gasteiger partial charge in [0.25, 0.3) is 0 Å². The average Bonchev–Trinajstić information content (AvgIpc) is 2.28. The molecule has 0 bridgehead atoms. The van der Waals surface area contributed by atoms with Crippen molar-refractivity contribution in [1.29, 1.82) is 0 Å². The molecule has 0 aromatic carbocycles. The third kappa shape index (κ3) is 3.86. The van der Waals surface area contributed by atoms with Gasteiger partial charge in [-0.25, -0.2) is 0 Å². The van der Waals surface area contributed by atoms with Gasteiger partial charge in [-0.1, -0.05) is 0 Å². The third-order valence-electron chi connectivity index (χ3n) is 4.13. The quantitative estimate of drug-likeness (QED) is 0.854. The highest BCUT2D eigenvalue weighted by Gasteiger charge is 2.40. The van der Waals surface area contributed by atoms with Gasteiger partial charge in [-0.05, 0) is 58.1 Å². The lowest BCUT2D eigenvalue weighted by atomic mass is 9.84. The maximum Gasteiger partial charge on any atom is 0.0718 e. The van der Waals surface area contributed by atoms with E-state index < -0.39 is 5.60 Å². The first-order chi connectivity index (χ1) is 8.40. The van der Waals surface area contributed by atoms with Crippen molar-refractivity contribution in [2.45, 2.75) is 56.8 Å². The summed E-state index contributed by atoms with van der Waals surface area (Å²) in [6, 6.07) is 0.563. The summed E-state index contributed by atoms with van der Waals surface area (Å²) in [7, 11) is 2.14. The van der Waals surface area contributed by atoms with Gasteiger partial charge in [-0.15, -0.1) is 0 Å². The zero-order chi connectivity index (χ0) is 13.2. The first kappa shape index (κ1) is 14.6. The van der Waals surface area contributed by atoms with E-state index in [9.17, 15) is 5.11 Å². The van der Waals surface area contributed by atoms with Gasteiger partial charge in [0.05, 0.1) is 11.2 Å². The summed E-state index contributed by atoms with van der Waals surface area (Å²) in [6.07, 6.45) is 4.64. The van der Waals surface area contributed by atoms with Gasteiger partial charge in [0, 0.05) is 19.2 Å². The molecule has 1 spiro atoms. The van der Waals surface area contributed by atoms with Crippen molar-refractivity contribution < 1.29 is 9.84 Å². The van der Waals surface area contributed by atoms with Gasteiger partial charge in [0.2, 0.25) is 0 Å². The van der Waals surface area contributed by atoms with Crippen LogP contribution in [-0.2, 0) is 4.74 Å². The van der Waals surface area contributed by atoms with Crippen LogP contribution in [0.15, 0.2) is 0 Å². The fourth-order valence-corrected chi connectivity index (χ4v) is 4.45. The summed E-state index contributed by atoms with van der Waals surface area (Å²) < 4.78 is 6.11. The Balaban J connectivity index is 1.93. The zero-order valence-electron chi connectivity index (χ0n) is 11.9. The molecule has 2 heterocycles. The van der Waals surface area contributed by atoms with Gasteiger partial charge >= 0.3 is 0 Å². The number of hydrogen-bond donors (Lipinski definition) is 1. The van der Waals surface area contributed by atoms with Crippen LogP contribution in [0.4, 0.5) is 0 Å². The first-order valence-corrected chi connectivity index (χ1v) is 8.20. The highest BCUT2D eigenvalue weighted by Crippen LogP contribution is 2.38. The molecule has 2 rings (SSSR count). The summed E-state index contributed by atoms with van der Waals surface area (Å²) >= 11 is 2.05. The Morgan fingerprint density at radius 1 is 1.39 bits per heavy atom. The number of nitrogens with zero attached hydrogens (tertiary/aromatic N) is 1. The van der Waals surface area contributed by atoms with Crippen LogP contribution in [0, 0.1) is 0 Å². The molecule has 0 aliphatic carbocycles. The zero-order valence-corrected chi connectivity index (χ0v) is 12.8. The van der Waals surface area contributed by atoms with Crippen molar-refractivity contribution in [1.82, 2.24) is 4.90 Å². The molecule has 3 nitrogen and oxygen atoms in total. The fraction of sp³-hybridized carbons (Fsp3) is 1.00. The predicted molar refractivity (Wildman–Crippen MR) is 77.2 cm³/mol. The van der Waals surface area contributed by atoms with Crippen LogP contribution in [0.3, 0.4) is 0 Å². The second-order valence-electron chi connectivity index (χ2n) is 6.52. The van der Waals surface area contributed by atoms with Crippen molar-refractivity contribution in [3.63, 3.8) is 0 Å². The van der Waals surface area contributed by atoms with E-state index in [1.807, 2.05) is 25.6 Å². The third-order valence-corrected chi connectivity index (χ3v) is 5.12. The summed E-state index contributed by atoms with van der Waals surface area (Å²) in [4.78, 5) is 2.33. The van der Waals surface area contributed by atoms with Crippen LogP contribution in [0.5, 0.6) is 0 Å². The van der Waals surface area contributed by atoms with E-state index in [2.05, 4.69) is 11.9 Å². The van der Waals surface area contributed by atoms with E-state index in [4.69, 9.17) is 4.74 Å². The number of hydrogen-bond acceptors (Lipinski definition) is 4. The number of ether oxygens (including phenoxy) is 1. The Bertz CT molecular complexity index is 266. The van der Waals surface area contributed by atoms with Gasteiger partial charge in [-0.2, -0.15) is 11.8 Å². The van der Waals surface area contributed by atoms with Crippen LogP contribution in [0.25, 0.3) is 0 Å². The molecular weight excluding hydrogens is 246 g/mol. The molecule has 2 aliphatic heterocycles. The lowest BCUT2D eigenvalue weighted by molar-refractivity contribution is -0.113. The largest absolute Gasteiger partial charge is 0.389 e. The normalized spacial score (nSPS) is 28.8. The number of likely N-dealkylation sites (N-methyl/N-ethyl adjacent to an activating group) is 1. The highest BCUT2D eigenvalue weighted by atomic mass is 32.2. The smallest absolute Gasteiger partial charge is 0.0718 e.